The van der Waals surface area contributed by atoms with Gasteiger partial charge in [-0.1, -0.05) is 43.2 Å². The molecule has 106 valence electrons. The van der Waals surface area contributed by atoms with Crippen LogP contribution in [0.3, 0.4) is 0 Å². The van der Waals surface area contributed by atoms with Crippen molar-refractivity contribution in [2.45, 2.75) is 46.1 Å². The number of aryl methyl sites for hydroxylation is 3. The zero-order chi connectivity index (χ0) is 14.4. The average Bonchev–Trinajstić information content (AvgIpc) is 2.86. The van der Waals surface area contributed by atoms with E-state index in [0.29, 0.717) is 13.0 Å². The first-order chi connectivity index (χ1) is 9.69. The van der Waals surface area contributed by atoms with Gasteiger partial charge in [-0.3, -0.25) is 4.79 Å². The van der Waals surface area contributed by atoms with E-state index in [4.69, 9.17) is 0 Å². The van der Waals surface area contributed by atoms with Crippen LogP contribution >= 0.6 is 0 Å². The van der Waals surface area contributed by atoms with Crippen LogP contribution in [0.2, 0.25) is 0 Å². The second-order valence-corrected chi connectivity index (χ2v) is 5.29. The molecule has 0 radical (unpaired) electrons. The first-order valence-corrected chi connectivity index (χ1v) is 7.25. The Labute approximate surface area is 120 Å². The lowest BCUT2D eigenvalue weighted by molar-refractivity contribution is -0.119. The molecule has 2 rings (SSSR count). The topological polar surface area (TPSA) is 34.9 Å². The predicted octanol–water partition coefficient (Wildman–Crippen LogP) is 3.35. The normalized spacial score (nSPS) is 10.7. The number of imidazole rings is 1. The lowest BCUT2D eigenvalue weighted by Crippen LogP contribution is -2.12. The van der Waals surface area contributed by atoms with E-state index in [0.717, 1.165) is 25.0 Å². The third-order valence-corrected chi connectivity index (χ3v) is 3.46. The van der Waals surface area contributed by atoms with E-state index >= 15 is 0 Å². The monoisotopic (exact) mass is 270 g/mol. The third-order valence-electron chi connectivity index (χ3n) is 3.46. The minimum absolute atomic E-state index is 0.265. The predicted molar refractivity (Wildman–Crippen MR) is 80.7 cm³/mol. The summed E-state index contributed by atoms with van der Waals surface area (Å²) in [7, 11) is 0. The summed E-state index contributed by atoms with van der Waals surface area (Å²) in [4.78, 5) is 16.2. The summed E-state index contributed by atoms with van der Waals surface area (Å²) < 4.78 is 1.97. The number of hydrogen-bond donors (Lipinski definition) is 0. The Hall–Kier alpha value is -1.90. The van der Waals surface area contributed by atoms with Gasteiger partial charge < -0.3 is 4.57 Å². The molecule has 0 atom stereocenters. The van der Waals surface area contributed by atoms with Crippen LogP contribution in [0, 0.1) is 6.92 Å². The average molecular weight is 270 g/mol. The first kappa shape index (κ1) is 14.5. The molecule has 1 aromatic carbocycles. The molecule has 3 heteroatoms. The van der Waals surface area contributed by atoms with E-state index in [9.17, 15) is 4.79 Å². The molecule has 0 aliphatic rings. The molecule has 0 bridgehead atoms. The van der Waals surface area contributed by atoms with Gasteiger partial charge in [0.05, 0.1) is 12.9 Å². The van der Waals surface area contributed by atoms with Crippen LogP contribution in [-0.2, 0) is 24.2 Å². The van der Waals surface area contributed by atoms with Crippen LogP contribution in [-0.4, -0.2) is 15.3 Å². The van der Waals surface area contributed by atoms with Gasteiger partial charge in [0.25, 0.3) is 0 Å². The Morgan fingerprint density at radius 1 is 1.20 bits per heavy atom. The summed E-state index contributed by atoms with van der Waals surface area (Å²) in [6, 6.07) is 8.38. The van der Waals surface area contributed by atoms with Gasteiger partial charge in [-0.2, -0.15) is 0 Å². The minimum Gasteiger partial charge on any atom is -0.327 e. The quantitative estimate of drug-likeness (QED) is 0.773. The molecule has 0 saturated carbocycles. The molecule has 3 nitrogen and oxygen atoms in total. The molecule has 0 unspecified atom stereocenters. The Bertz CT molecular complexity index is 555. The molecule has 0 amide bonds. The Morgan fingerprint density at radius 3 is 2.65 bits per heavy atom. The Kier molecular flexibility index (Phi) is 5.10. The van der Waals surface area contributed by atoms with Crippen molar-refractivity contribution in [3.8, 4) is 0 Å². The maximum atomic E-state index is 12.1. The van der Waals surface area contributed by atoms with Gasteiger partial charge in [0, 0.05) is 18.3 Å². The third kappa shape index (κ3) is 4.05. The summed E-state index contributed by atoms with van der Waals surface area (Å²) >= 11 is 0. The SMILES string of the molecule is CCCc1cncn1CC(=O)CCc1ccc(C)cc1. The molecule has 20 heavy (non-hydrogen) atoms. The van der Waals surface area contributed by atoms with Crippen molar-refractivity contribution in [1.29, 1.82) is 0 Å². The molecule has 0 N–H and O–H groups in total. The molecule has 0 fully saturated rings. The fourth-order valence-corrected chi connectivity index (χ4v) is 2.26. The van der Waals surface area contributed by atoms with E-state index in [1.165, 1.54) is 11.1 Å². The lowest BCUT2D eigenvalue weighted by Gasteiger charge is -2.07. The standard InChI is InChI=1S/C17H22N2O/c1-3-4-16-11-18-13-19(16)12-17(20)10-9-15-7-5-14(2)6-8-15/h5-8,11,13H,3-4,9-10,12H2,1-2H3. The summed E-state index contributed by atoms with van der Waals surface area (Å²) in [6.07, 6.45) is 7.07. The summed E-state index contributed by atoms with van der Waals surface area (Å²) in [5.41, 5.74) is 3.63. The molecule has 0 aliphatic carbocycles. The van der Waals surface area contributed by atoms with Crippen LogP contribution in [0.4, 0.5) is 0 Å². The van der Waals surface area contributed by atoms with Crippen molar-refractivity contribution in [2.24, 2.45) is 0 Å². The maximum Gasteiger partial charge on any atom is 0.152 e. The molecule has 0 aliphatic heterocycles. The highest BCUT2D eigenvalue weighted by Crippen LogP contribution is 2.08. The van der Waals surface area contributed by atoms with Crippen LogP contribution in [0.15, 0.2) is 36.8 Å². The molecule has 1 heterocycles. The number of benzene rings is 1. The van der Waals surface area contributed by atoms with Crippen LogP contribution in [0.5, 0.6) is 0 Å². The summed E-state index contributed by atoms with van der Waals surface area (Å²) in [6.45, 7) is 4.65. The van der Waals surface area contributed by atoms with E-state index in [1.54, 1.807) is 6.33 Å². The van der Waals surface area contributed by atoms with Crippen molar-refractivity contribution in [3.63, 3.8) is 0 Å². The largest absolute Gasteiger partial charge is 0.327 e. The zero-order valence-electron chi connectivity index (χ0n) is 12.3. The van der Waals surface area contributed by atoms with E-state index in [2.05, 4.69) is 43.1 Å². The first-order valence-electron chi connectivity index (χ1n) is 7.25. The number of nitrogens with zero attached hydrogens (tertiary/aromatic N) is 2. The van der Waals surface area contributed by atoms with Gasteiger partial charge in [-0.15, -0.1) is 0 Å². The second kappa shape index (κ2) is 7.04. The second-order valence-electron chi connectivity index (χ2n) is 5.29. The number of carbonyl (C=O) groups is 1. The maximum absolute atomic E-state index is 12.1. The van der Waals surface area contributed by atoms with Crippen molar-refractivity contribution in [3.05, 3.63) is 53.6 Å². The van der Waals surface area contributed by atoms with Gasteiger partial charge in [0.2, 0.25) is 0 Å². The number of hydrogen-bond acceptors (Lipinski definition) is 2. The van der Waals surface area contributed by atoms with Crippen molar-refractivity contribution < 1.29 is 4.79 Å². The highest BCUT2D eigenvalue weighted by atomic mass is 16.1. The lowest BCUT2D eigenvalue weighted by atomic mass is 10.1. The van der Waals surface area contributed by atoms with E-state index in [-0.39, 0.29) is 5.78 Å². The molecular formula is C17H22N2O. The fourth-order valence-electron chi connectivity index (χ4n) is 2.26. The smallest absolute Gasteiger partial charge is 0.152 e. The number of rotatable bonds is 7. The van der Waals surface area contributed by atoms with Gasteiger partial charge in [-0.25, -0.2) is 4.98 Å². The van der Waals surface area contributed by atoms with Crippen molar-refractivity contribution >= 4 is 5.78 Å². The van der Waals surface area contributed by atoms with E-state index in [1.807, 2.05) is 10.8 Å². The molecular weight excluding hydrogens is 248 g/mol. The van der Waals surface area contributed by atoms with Gasteiger partial charge >= 0.3 is 0 Å². The van der Waals surface area contributed by atoms with Crippen molar-refractivity contribution in [1.82, 2.24) is 9.55 Å². The van der Waals surface area contributed by atoms with Crippen molar-refractivity contribution in [2.75, 3.05) is 0 Å². The molecule has 2 aromatic rings. The van der Waals surface area contributed by atoms with Gasteiger partial charge in [0.1, 0.15) is 0 Å². The molecule has 0 spiro atoms. The van der Waals surface area contributed by atoms with Gasteiger partial charge in [-0.05, 0) is 25.3 Å². The number of ketones is 1. The molecule has 1 aromatic heterocycles. The summed E-state index contributed by atoms with van der Waals surface area (Å²) in [5.74, 6) is 0.265. The Morgan fingerprint density at radius 2 is 1.95 bits per heavy atom. The van der Waals surface area contributed by atoms with Crippen LogP contribution in [0.25, 0.3) is 0 Å². The zero-order valence-corrected chi connectivity index (χ0v) is 12.3. The van der Waals surface area contributed by atoms with Gasteiger partial charge in [0.15, 0.2) is 5.78 Å². The number of Topliss-reactive ketones (excluding diaryl/α,β-unsaturated/α-hetero) is 1. The highest BCUT2D eigenvalue weighted by molar-refractivity contribution is 5.78. The minimum atomic E-state index is 0.265. The number of aromatic nitrogens is 2. The van der Waals surface area contributed by atoms with Crippen LogP contribution < -0.4 is 0 Å². The number of carbonyl (C=O) groups excluding carboxylic acids is 1. The Balaban J connectivity index is 1.86. The molecule has 0 saturated heterocycles. The van der Waals surface area contributed by atoms with E-state index < -0.39 is 0 Å². The fraction of sp³-hybridized carbons (Fsp3) is 0.412. The highest BCUT2D eigenvalue weighted by Gasteiger charge is 2.07. The van der Waals surface area contributed by atoms with Crippen LogP contribution in [0.1, 0.15) is 36.6 Å². The summed E-state index contributed by atoms with van der Waals surface area (Å²) in [5, 5.41) is 0.